The van der Waals surface area contributed by atoms with Gasteiger partial charge in [0.2, 0.25) is 0 Å². The van der Waals surface area contributed by atoms with Crippen LogP contribution in [0, 0.1) is 11.7 Å². The molecule has 0 aromatic heterocycles. The van der Waals surface area contributed by atoms with Gasteiger partial charge in [-0.05, 0) is 42.0 Å². The fraction of sp³-hybridized carbons (Fsp3) is 0.458. The third-order valence-electron chi connectivity index (χ3n) is 6.35. The molecule has 0 unspecified atom stereocenters. The van der Waals surface area contributed by atoms with E-state index in [1.54, 1.807) is 24.3 Å². The van der Waals surface area contributed by atoms with Gasteiger partial charge in [-0.15, -0.1) is 0 Å². The number of ether oxygens (including phenoxy) is 1. The smallest absolute Gasteiger partial charge is 0.416 e. The molecule has 2 aromatic carbocycles. The van der Waals surface area contributed by atoms with E-state index in [0.29, 0.717) is 36.3 Å². The number of benzene rings is 2. The summed E-state index contributed by atoms with van der Waals surface area (Å²) >= 11 is 0. The highest BCUT2D eigenvalue weighted by Crippen LogP contribution is 2.42. The standard InChI is InChI=1S/C24H25F4NO3/c25-22-10-19(7-6-17(22)11-29-12-18(13-29)23(30)31)32-14-15-5-8-20(16-3-1-2-4-16)21(9-15)24(26,27)28/h5-10,16,18H,1-4,11-14H2,(H,30,31). The monoisotopic (exact) mass is 451 g/mol. The predicted octanol–water partition coefficient (Wildman–Crippen LogP) is 5.60. The molecule has 2 fully saturated rings. The van der Waals surface area contributed by atoms with Crippen molar-refractivity contribution >= 4 is 5.97 Å². The Hall–Kier alpha value is -2.61. The Morgan fingerprint density at radius 2 is 1.81 bits per heavy atom. The Morgan fingerprint density at radius 1 is 1.09 bits per heavy atom. The number of carboxylic acids is 1. The quantitative estimate of drug-likeness (QED) is 0.557. The average Bonchev–Trinajstić information content (AvgIpc) is 3.23. The highest BCUT2D eigenvalue weighted by Gasteiger charge is 2.36. The Kier molecular flexibility index (Phi) is 6.42. The lowest BCUT2D eigenvalue weighted by molar-refractivity contribution is -0.147. The summed E-state index contributed by atoms with van der Waals surface area (Å²) < 4.78 is 60.8. The third-order valence-corrected chi connectivity index (χ3v) is 6.35. The number of likely N-dealkylation sites (tertiary alicyclic amines) is 1. The minimum Gasteiger partial charge on any atom is -0.489 e. The topological polar surface area (TPSA) is 49.8 Å². The molecular weight excluding hydrogens is 426 g/mol. The van der Waals surface area contributed by atoms with Gasteiger partial charge in [0.05, 0.1) is 11.5 Å². The SMILES string of the molecule is O=C(O)C1CN(Cc2ccc(OCc3ccc(C4CCCC4)c(C(F)(F)F)c3)cc2F)C1. The van der Waals surface area contributed by atoms with E-state index >= 15 is 0 Å². The summed E-state index contributed by atoms with van der Waals surface area (Å²) in [7, 11) is 0. The Bertz CT molecular complexity index is 980. The number of aliphatic carboxylic acids is 1. The van der Waals surface area contributed by atoms with Gasteiger partial charge in [-0.1, -0.05) is 31.0 Å². The summed E-state index contributed by atoms with van der Waals surface area (Å²) in [6.45, 7) is 0.962. The van der Waals surface area contributed by atoms with Gasteiger partial charge in [-0.2, -0.15) is 13.2 Å². The molecule has 0 radical (unpaired) electrons. The van der Waals surface area contributed by atoms with Crippen molar-refractivity contribution < 1.29 is 32.2 Å². The number of halogens is 4. The van der Waals surface area contributed by atoms with Crippen molar-refractivity contribution in [3.63, 3.8) is 0 Å². The lowest BCUT2D eigenvalue weighted by atomic mass is 9.91. The maximum absolute atomic E-state index is 14.4. The van der Waals surface area contributed by atoms with Crippen molar-refractivity contribution in [2.45, 2.75) is 50.9 Å². The zero-order valence-electron chi connectivity index (χ0n) is 17.5. The average molecular weight is 451 g/mol. The predicted molar refractivity (Wildman–Crippen MR) is 110 cm³/mol. The van der Waals surface area contributed by atoms with Crippen LogP contribution in [0.25, 0.3) is 0 Å². The number of rotatable bonds is 7. The molecule has 1 saturated carbocycles. The van der Waals surface area contributed by atoms with Gasteiger partial charge in [0.1, 0.15) is 18.2 Å². The molecule has 32 heavy (non-hydrogen) atoms. The molecule has 1 aliphatic heterocycles. The van der Waals surface area contributed by atoms with Gasteiger partial charge >= 0.3 is 12.1 Å². The van der Waals surface area contributed by atoms with E-state index < -0.39 is 29.4 Å². The first-order valence-corrected chi connectivity index (χ1v) is 10.8. The van der Waals surface area contributed by atoms with Crippen LogP contribution in [0.4, 0.5) is 17.6 Å². The number of nitrogens with zero attached hydrogens (tertiary/aromatic N) is 1. The summed E-state index contributed by atoms with van der Waals surface area (Å²) in [4.78, 5) is 12.7. The molecular formula is C24H25F4NO3. The Labute approximate surface area is 183 Å². The van der Waals surface area contributed by atoms with Gasteiger partial charge in [-0.25, -0.2) is 4.39 Å². The normalized spacial score (nSPS) is 18.0. The summed E-state index contributed by atoms with van der Waals surface area (Å²) in [5.74, 6) is -1.58. The van der Waals surface area contributed by atoms with Crippen LogP contribution in [-0.4, -0.2) is 29.1 Å². The molecule has 8 heteroatoms. The Morgan fingerprint density at radius 3 is 2.44 bits per heavy atom. The number of carbonyl (C=O) groups is 1. The lowest BCUT2D eigenvalue weighted by Gasteiger charge is -2.36. The van der Waals surface area contributed by atoms with Crippen LogP contribution in [-0.2, 0) is 24.1 Å². The molecule has 172 valence electrons. The van der Waals surface area contributed by atoms with E-state index in [9.17, 15) is 22.4 Å². The van der Waals surface area contributed by atoms with E-state index in [2.05, 4.69) is 0 Å². The van der Waals surface area contributed by atoms with E-state index in [4.69, 9.17) is 9.84 Å². The van der Waals surface area contributed by atoms with E-state index in [-0.39, 0.29) is 18.3 Å². The summed E-state index contributed by atoms with van der Waals surface area (Å²) in [6, 6.07) is 8.69. The summed E-state index contributed by atoms with van der Waals surface area (Å²) in [5.41, 5.74) is 0.539. The second-order valence-electron chi connectivity index (χ2n) is 8.67. The van der Waals surface area contributed by atoms with Crippen molar-refractivity contribution in [3.05, 3.63) is 64.5 Å². The van der Waals surface area contributed by atoms with E-state index in [0.717, 1.165) is 31.7 Å². The fourth-order valence-corrected chi connectivity index (χ4v) is 4.54. The van der Waals surface area contributed by atoms with E-state index in [1.165, 1.54) is 6.07 Å². The lowest BCUT2D eigenvalue weighted by Crippen LogP contribution is -2.49. The zero-order chi connectivity index (χ0) is 22.9. The molecule has 2 aromatic rings. The molecule has 0 bridgehead atoms. The molecule has 4 rings (SSSR count). The molecule has 1 heterocycles. The summed E-state index contributed by atoms with van der Waals surface area (Å²) in [5, 5.41) is 8.91. The zero-order valence-corrected chi connectivity index (χ0v) is 17.5. The minimum absolute atomic E-state index is 0.0552. The largest absolute Gasteiger partial charge is 0.489 e. The number of hydrogen-bond acceptors (Lipinski definition) is 3. The minimum atomic E-state index is -4.43. The van der Waals surface area contributed by atoms with Crippen LogP contribution in [0.2, 0.25) is 0 Å². The van der Waals surface area contributed by atoms with E-state index in [1.807, 2.05) is 4.90 Å². The van der Waals surface area contributed by atoms with Crippen LogP contribution in [0.15, 0.2) is 36.4 Å². The first-order valence-electron chi connectivity index (χ1n) is 10.8. The molecule has 1 N–H and O–H groups in total. The number of carboxylic acid groups (broad SMARTS) is 1. The van der Waals surface area contributed by atoms with Crippen molar-refractivity contribution in [2.24, 2.45) is 5.92 Å². The van der Waals surface area contributed by atoms with Gasteiger partial charge in [0.15, 0.2) is 0 Å². The highest BCUT2D eigenvalue weighted by molar-refractivity contribution is 5.71. The van der Waals surface area contributed by atoms with Crippen molar-refractivity contribution in [3.8, 4) is 5.75 Å². The first-order chi connectivity index (χ1) is 15.2. The second-order valence-corrected chi connectivity index (χ2v) is 8.67. The van der Waals surface area contributed by atoms with Crippen molar-refractivity contribution in [2.75, 3.05) is 13.1 Å². The van der Waals surface area contributed by atoms with Gasteiger partial charge < -0.3 is 9.84 Å². The van der Waals surface area contributed by atoms with Crippen molar-refractivity contribution in [1.29, 1.82) is 0 Å². The van der Waals surface area contributed by atoms with Crippen LogP contribution >= 0.6 is 0 Å². The maximum Gasteiger partial charge on any atom is 0.416 e. The molecule has 1 saturated heterocycles. The molecule has 2 aliphatic rings. The molecule has 4 nitrogen and oxygen atoms in total. The second kappa shape index (κ2) is 9.10. The van der Waals surface area contributed by atoms with Gasteiger partial charge in [0, 0.05) is 31.3 Å². The summed E-state index contributed by atoms with van der Waals surface area (Å²) in [6.07, 6.45) is -0.978. The van der Waals surface area contributed by atoms with Crippen molar-refractivity contribution in [1.82, 2.24) is 4.90 Å². The van der Waals surface area contributed by atoms with Crippen LogP contribution in [0.3, 0.4) is 0 Å². The molecule has 0 amide bonds. The van der Waals surface area contributed by atoms with Gasteiger partial charge in [0.25, 0.3) is 0 Å². The Balaban J connectivity index is 1.40. The molecule has 1 aliphatic carbocycles. The van der Waals surface area contributed by atoms with Crippen LogP contribution in [0.5, 0.6) is 5.75 Å². The van der Waals surface area contributed by atoms with Gasteiger partial charge in [-0.3, -0.25) is 9.69 Å². The maximum atomic E-state index is 14.4. The van der Waals surface area contributed by atoms with Crippen LogP contribution in [0.1, 0.15) is 53.9 Å². The fourth-order valence-electron chi connectivity index (χ4n) is 4.54. The number of hydrogen-bond donors (Lipinski definition) is 1. The van der Waals surface area contributed by atoms with Crippen LogP contribution < -0.4 is 4.74 Å². The number of alkyl halides is 3. The highest BCUT2D eigenvalue weighted by atomic mass is 19.4. The first kappa shape index (κ1) is 22.6. The molecule has 0 atom stereocenters. The third kappa shape index (κ3) is 5.06. The molecule has 0 spiro atoms.